The Morgan fingerprint density at radius 1 is 1.32 bits per heavy atom. The van der Waals surface area contributed by atoms with Gasteiger partial charge in [-0.15, -0.1) is 0 Å². The van der Waals surface area contributed by atoms with Crippen molar-refractivity contribution in [3.8, 4) is 0 Å². The number of benzene rings is 1. The van der Waals surface area contributed by atoms with Gasteiger partial charge in [-0.1, -0.05) is 19.8 Å². The van der Waals surface area contributed by atoms with Crippen LogP contribution in [-0.4, -0.2) is 18.4 Å². The van der Waals surface area contributed by atoms with Crippen LogP contribution in [0.5, 0.6) is 0 Å². The molecule has 0 spiro atoms. The molecule has 3 heteroatoms. The second-order valence-electron chi connectivity index (χ2n) is 5.21. The molecule has 0 N–H and O–H groups in total. The second-order valence-corrected chi connectivity index (χ2v) is 6.07. The lowest BCUT2D eigenvalue weighted by atomic mass is 10.1. The largest absolute Gasteiger partial charge is 0.369 e. The van der Waals surface area contributed by atoms with Gasteiger partial charge in [-0.2, -0.15) is 0 Å². The minimum atomic E-state index is 0.0977. The van der Waals surface area contributed by atoms with Crippen LogP contribution >= 0.6 is 15.9 Å². The molecule has 1 aromatic rings. The molecule has 0 bridgehead atoms. The topological polar surface area (TPSA) is 20.3 Å². The number of carbonyl (C=O) groups is 1. The Labute approximate surface area is 125 Å². The van der Waals surface area contributed by atoms with E-state index in [1.54, 1.807) is 6.92 Å². The number of carbonyl (C=O) groups excluding carboxylic acids is 1. The van der Waals surface area contributed by atoms with Crippen LogP contribution < -0.4 is 4.90 Å². The third-order valence-corrected chi connectivity index (χ3v) is 3.95. The number of hydrogen-bond donors (Lipinski definition) is 0. The molecule has 0 fully saturated rings. The van der Waals surface area contributed by atoms with Crippen LogP contribution in [0.15, 0.2) is 22.7 Å². The molecule has 0 atom stereocenters. The summed E-state index contributed by atoms with van der Waals surface area (Å²) in [5.41, 5.74) is 1.93. The van der Waals surface area contributed by atoms with E-state index in [-0.39, 0.29) is 5.78 Å². The molecule has 0 heterocycles. The molecule has 19 heavy (non-hydrogen) atoms. The lowest BCUT2D eigenvalue weighted by Gasteiger charge is -2.29. The number of Topliss-reactive ketones (excluding diaryl/α,β-unsaturated/α-hetero) is 1. The number of nitrogens with zero attached hydrogens (tertiary/aromatic N) is 1. The van der Waals surface area contributed by atoms with E-state index in [9.17, 15) is 4.79 Å². The van der Waals surface area contributed by atoms with Gasteiger partial charge >= 0.3 is 0 Å². The van der Waals surface area contributed by atoms with E-state index in [1.165, 1.54) is 24.9 Å². The van der Waals surface area contributed by atoms with Gasteiger partial charge in [0.25, 0.3) is 0 Å². The van der Waals surface area contributed by atoms with Gasteiger partial charge in [0, 0.05) is 28.3 Å². The van der Waals surface area contributed by atoms with Crippen molar-refractivity contribution in [2.45, 2.75) is 53.0 Å². The van der Waals surface area contributed by atoms with E-state index in [4.69, 9.17) is 0 Å². The fraction of sp³-hybridized carbons (Fsp3) is 0.562. The van der Waals surface area contributed by atoms with Crippen LogP contribution in [0.4, 0.5) is 5.69 Å². The summed E-state index contributed by atoms with van der Waals surface area (Å²) in [5.74, 6) is 0.0977. The van der Waals surface area contributed by atoms with Crippen molar-refractivity contribution in [2.24, 2.45) is 0 Å². The fourth-order valence-electron chi connectivity index (χ4n) is 2.19. The Balaban J connectivity index is 2.90. The Bertz CT molecular complexity index is 429. The average Bonchev–Trinajstić information content (AvgIpc) is 2.33. The van der Waals surface area contributed by atoms with Crippen LogP contribution in [0.1, 0.15) is 57.3 Å². The predicted octanol–water partition coefficient (Wildman–Crippen LogP) is 5.06. The highest BCUT2D eigenvalue weighted by Crippen LogP contribution is 2.26. The minimum absolute atomic E-state index is 0.0977. The molecule has 0 amide bonds. The molecule has 0 aromatic heterocycles. The van der Waals surface area contributed by atoms with Crippen molar-refractivity contribution >= 4 is 27.4 Å². The zero-order chi connectivity index (χ0) is 14.4. The summed E-state index contributed by atoms with van der Waals surface area (Å²) in [6.45, 7) is 9.30. The van der Waals surface area contributed by atoms with Gasteiger partial charge in [-0.3, -0.25) is 4.79 Å². The van der Waals surface area contributed by atoms with Crippen molar-refractivity contribution in [3.05, 3.63) is 28.2 Å². The number of rotatable bonds is 7. The lowest BCUT2D eigenvalue weighted by Crippen LogP contribution is -2.31. The zero-order valence-electron chi connectivity index (χ0n) is 12.4. The van der Waals surface area contributed by atoms with Gasteiger partial charge in [0.15, 0.2) is 5.78 Å². The predicted molar refractivity (Wildman–Crippen MR) is 86.2 cm³/mol. The maximum Gasteiger partial charge on any atom is 0.160 e. The Morgan fingerprint density at radius 3 is 2.47 bits per heavy atom. The summed E-state index contributed by atoms with van der Waals surface area (Å²) in [5, 5.41) is 0. The van der Waals surface area contributed by atoms with Crippen molar-refractivity contribution < 1.29 is 4.79 Å². The lowest BCUT2D eigenvalue weighted by molar-refractivity contribution is 0.101. The number of anilines is 1. The monoisotopic (exact) mass is 325 g/mol. The minimum Gasteiger partial charge on any atom is -0.369 e. The van der Waals surface area contributed by atoms with Gasteiger partial charge in [-0.25, -0.2) is 0 Å². The van der Waals surface area contributed by atoms with Gasteiger partial charge in [0.05, 0.1) is 0 Å². The van der Waals surface area contributed by atoms with Crippen LogP contribution in [0.2, 0.25) is 0 Å². The molecule has 0 aliphatic rings. The molecular weight excluding hydrogens is 302 g/mol. The molecular formula is C16H24BrNO. The van der Waals surface area contributed by atoms with E-state index < -0.39 is 0 Å². The SMILES string of the molecule is CCCCCN(c1ccc(C(C)=O)c(Br)c1)C(C)C. The van der Waals surface area contributed by atoms with Crippen LogP contribution in [-0.2, 0) is 0 Å². The normalized spacial score (nSPS) is 10.8. The first kappa shape index (κ1) is 16.2. The first-order valence-electron chi connectivity index (χ1n) is 7.04. The van der Waals surface area contributed by atoms with Crippen molar-refractivity contribution in [3.63, 3.8) is 0 Å². The molecule has 0 aliphatic heterocycles. The first-order valence-corrected chi connectivity index (χ1v) is 7.83. The summed E-state index contributed by atoms with van der Waals surface area (Å²) >= 11 is 3.50. The summed E-state index contributed by atoms with van der Waals surface area (Å²) in [6.07, 6.45) is 3.70. The van der Waals surface area contributed by atoms with Gasteiger partial charge in [0.2, 0.25) is 0 Å². The quantitative estimate of drug-likeness (QED) is 0.516. The highest BCUT2D eigenvalue weighted by atomic mass is 79.9. The zero-order valence-corrected chi connectivity index (χ0v) is 14.0. The molecule has 0 unspecified atom stereocenters. The highest BCUT2D eigenvalue weighted by molar-refractivity contribution is 9.10. The first-order chi connectivity index (χ1) is 8.97. The van der Waals surface area contributed by atoms with E-state index in [0.29, 0.717) is 6.04 Å². The van der Waals surface area contributed by atoms with E-state index in [1.807, 2.05) is 12.1 Å². The molecule has 1 aromatic carbocycles. The maximum atomic E-state index is 11.4. The summed E-state index contributed by atoms with van der Waals surface area (Å²) in [6, 6.07) is 6.49. The van der Waals surface area contributed by atoms with E-state index >= 15 is 0 Å². The number of hydrogen-bond acceptors (Lipinski definition) is 2. The van der Waals surface area contributed by atoms with Crippen LogP contribution in [0, 0.1) is 0 Å². The second kappa shape index (κ2) is 7.68. The Morgan fingerprint density at radius 2 is 2.00 bits per heavy atom. The third kappa shape index (κ3) is 4.64. The van der Waals surface area contributed by atoms with Crippen molar-refractivity contribution in [1.82, 2.24) is 0 Å². The summed E-state index contributed by atoms with van der Waals surface area (Å²) < 4.78 is 0.888. The van der Waals surface area contributed by atoms with Crippen molar-refractivity contribution in [2.75, 3.05) is 11.4 Å². The summed E-state index contributed by atoms with van der Waals surface area (Å²) in [4.78, 5) is 13.8. The standard InChI is InChI=1S/C16H24BrNO/c1-5-6-7-10-18(12(2)3)14-8-9-15(13(4)19)16(17)11-14/h8-9,11-12H,5-7,10H2,1-4H3. The number of unbranched alkanes of at least 4 members (excludes halogenated alkanes) is 2. The van der Waals surface area contributed by atoms with E-state index in [2.05, 4.69) is 47.7 Å². The number of halogens is 1. The molecule has 0 saturated heterocycles. The van der Waals surface area contributed by atoms with E-state index in [0.717, 1.165) is 16.6 Å². The molecule has 0 aliphatic carbocycles. The molecule has 2 nitrogen and oxygen atoms in total. The molecule has 106 valence electrons. The van der Waals surface area contributed by atoms with Crippen LogP contribution in [0.3, 0.4) is 0 Å². The maximum absolute atomic E-state index is 11.4. The Kier molecular flexibility index (Phi) is 6.56. The molecule has 1 rings (SSSR count). The van der Waals surface area contributed by atoms with Gasteiger partial charge in [0.1, 0.15) is 0 Å². The molecule has 0 saturated carbocycles. The fourth-order valence-corrected chi connectivity index (χ4v) is 2.83. The smallest absolute Gasteiger partial charge is 0.160 e. The Hall–Kier alpha value is -0.830. The van der Waals surface area contributed by atoms with Crippen molar-refractivity contribution in [1.29, 1.82) is 0 Å². The highest BCUT2D eigenvalue weighted by Gasteiger charge is 2.13. The van der Waals surface area contributed by atoms with Gasteiger partial charge < -0.3 is 4.90 Å². The summed E-state index contributed by atoms with van der Waals surface area (Å²) in [7, 11) is 0. The van der Waals surface area contributed by atoms with Gasteiger partial charge in [-0.05, 0) is 61.3 Å². The average molecular weight is 326 g/mol. The number of ketones is 1. The third-order valence-electron chi connectivity index (χ3n) is 3.29. The van der Waals surface area contributed by atoms with Crippen LogP contribution in [0.25, 0.3) is 0 Å². The molecule has 0 radical (unpaired) electrons.